The van der Waals surface area contributed by atoms with Crippen LogP contribution in [0.5, 0.6) is 11.5 Å². The second-order valence-corrected chi connectivity index (χ2v) is 6.00. The Morgan fingerprint density at radius 3 is 2.62 bits per heavy atom. The van der Waals surface area contributed by atoms with Gasteiger partial charge in [0.2, 0.25) is 0 Å². The third kappa shape index (κ3) is 3.57. The summed E-state index contributed by atoms with van der Waals surface area (Å²) >= 11 is 0. The lowest BCUT2D eigenvalue weighted by Gasteiger charge is -2.27. The normalized spacial score (nSPS) is 17.8. The molecular weight excluding hydrogens is 266 g/mol. The van der Waals surface area contributed by atoms with Gasteiger partial charge in [-0.25, -0.2) is 0 Å². The van der Waals surface area contributed by atoms with Gasteiger partial charge in [-0.05, 0) is 31.9 Å². The number of nitrogens with zero attached hydrogens (tertiary/aromatic N) is 1. The Morgan fingerprint density at radius 1 is 1.29 bits per heavy atom. The lowest BCUT2D eigenvalue weighted by atomic mass is 10.0. The number of hydrogen-bond donors (Lipinski definition) is 1. The first kappa shape index (κ1) is 15.4. The van der Waals surface area contributed by atoms with Gasteiger partial charge in [-0.3, -0.25) is 4.79 Å². The van der Waals surface area contributed by atoms with Crippen LogP contribution < -0.4 is 4.74 Å². The Hall–Kier alpha value is -1.97. The van der Waals surface area contributed by atoms with Crippen LogP contribution in [-0.2, 0) is 0 Å². The van der Waals surface area contributed by atoms with Crippen molar-refractivity contribution in [1.82, 2.24) is 4.90 Å². The molecule has 1 unspecified atom stereocenters. The van der Waals surface area contributed by atoms with E-state index in [-0.39, 0.29) is 23.8 Å². The summed E-state index contributed by atoms with van der Waals surface area (Å²) in [5.41, 5.74) is 0.458. The summed E-state index contributed by atoms with van der Waals surface area (Å²) in [5, 5.41) is 9.81. The van der Waals surface area contributed by atoms with E-state index in [1.165, 1.54) is 12.1 Å². The molecule has 21 heavy (non-hydrogen) atoms. The van der Waals surface area contributed by atoms with Crippen LogP contribution >= 0.6 is 0 Å². The largest absolute Gasteiger partial charge is 0.508 e. The minimum atomic E-state index is -0.0804. The minimum absolute atomic E-state index is 0.00776. The van der Waals surface area contributed by atoms with Crippen molar-refractivity contribution in [3.05, 3.63) is 35.9 Å². The maximum Gasteiger partial charge on any atom is 0.254 e. The average Bonchev–Trinajstić information content (AvgIpc) is 2.85. The maximum absolute atomic E-state index is 12.7. The Labute approximate surface area is 126 Å². The van der Waals surface area contributed by atoms with Crippen molar-refractivity contribution in [1.29, 1.82) is 0 Å². The molecule has 4 nitrogen and oxygen atoms in total. The Bertz CT molecular complexity index is 549. The molecule has 1 heterocycles. The number of ether oxygens (including phenoxy) is 1. The molecule has 1 aliphatic heterocycles. The zero-order chi connectivity index (χ0) is 15.6. The summed E-state index contributed by atoms with van der Waals surface area (Å²) in [4.78, 5) is 14.5. The number of rotatable bonds is 4. The van der Waals surface area contributed by atoms with Crippen molar-refractivity contribution < 1.29 is 14.6 Å². The fraction of sp³-hybridized carbons (Fsp3) is 0.471. The molecule has 1 amide bonds. The number of carbonyl (C=O) groups is 1. The lowest BCUT2D eigenvalue weighted by Crippen LogP contribution is -2.39. The van der Waals surface area contributed by atoms with E-state index >= 15 is 0 Å². The molecular formula is C17H23NO3. The number of aromatic hydroxyl groups is 1. The topological polar surface area (TPSA) is 49.8 Å². The molecule has 2 rings (SSSR count). The molecule has 1 aliphatic rings. The van der Waals surface area contributed by atoms with Crippen LogP contribution in [0.4, 0.5) is 0 Å². The Morgan fingerprint density at radius 2 is 2.00 bits per heavy atom. The quantitative estimate of drug-likeness (QED) is 0.866. The summed E-state index contributed by atoms with van der Waals surface area (Å²) in [6.07, 6.45) is 4.07. The van der Waals surface area contributed by atoms with Gasteiger partial charge >= 0.3 is 0 Å². The van der Waals surface area contributed by atoms with Crippen LogP contribution in [0, 0.1) is 5.92 Å². The fourth-order valence-corrected chi connectivity index (χ4v) is 2.55. The highest BCUT2D eigenvalue weighted by atomic mass is 16.5. The second-order valence-electron chi connectivity index (χ2n) is 6.00. The monoisotopic (exact) mass is 289 g/mol. The number of carbonyl (C=O) groups excluding carboxylic acids is 1. The highest BCUT2D eigenvalue weighted by Crippen LogP contribution is 2.26. The highest BCUT2D eigenvalue weighted by Gasteiger charge is 2.28. The van der Waals surface area contributed by atoms with Gasteiger partial charge in [0.15, 0.2) is 0 Å². The molecule has 0 aliphatic carbocycles. The molecule has 0 aromatic heterocycles. The van der Waals surface area contributed by atoms with Gasteiger partial charge in [0.1, 0.15) is 11.5 Å². The summed E-state index contributed by atoms with van der Waals surface area (Å²) in [5.74, 6) is 0.839. The SMILES string of the molecule is CC(C)Oc1cc(O)cc(C(=O)N2CC=CC2C(C)C)c1. The van der Waals surface area contributed by atoms with E-state index in [0.29, 0.717) is 23.8 Å². The predicted octanol–water partition coefficient (Wildman–Crippen LogP) is 3.22. The van der Waals surface area contributed by atoms with Crippen LogP contribution in [0.15, 0.2) is 30.4 Å². The van der Waals surface area contributed by atoms with Gasteiger partial charge in [-0.1, -0.05) is 26.0 Å². The van der Waals surface area contributed by atoms with E-state index in [1.54, 1.807) is 6.07 Å². The molecule has 0 radical (unpaired) electrons. The van der Waals surface area contributed by atoms with Gasteiger partial charge < -0.3 is 14.7 Å². The molecule has 114 valence electrons. The third-order valence-electron chi connectivity index (χ3n) is 3.45. The number of benzene rings is 1. The number of amides is 1. The molecule has 1 atom stereocenters. The average molecular weight is 289 g/mol. The van der Waals surface area contributed by atoms with Gasteiger partial charge in [0, 0.05) is 18.2 Å². The molecule has 1 N–H and O–H groups in total. The summed E-state index contributed by atoms with van der Waals surface area (Å²) in [6, 6.07) is 4.82. The first-order valence-corrected chi connectivity index (χ1v) is 7.37. The zero-order valence-electron chi connectivity index (χ0n) is 13.0. The Balaban J connectivity index is 2.25. The van der Waals surface area contributed by atoms with E-state index in [1.807, 2.05) is 24.8 Å². The summed E-state index contributed by atoms with van der Waals surface area (Å²) in [7, 11) is 0. The van der Waals surface area contributed by atoms with Crippen molar-refractivity contribution in [2.75, 3.05) is 6.54 Å². The highest BCUT2D eigenvalue weighted by molar-refractivity contribution is 5.95. The summed E-state index contributed by atoms with van der Waals surface area (Å²) < 4.78 is 5.58. The number of phenolic OH excluding ortho intramolecular Hbond substituents is 1. The molecule has 0 saturated carbocycles. The first-order chi connectivity index (χ1) is 9.88. The first-order valence-electron chi connectivity index (χ1n) is 7.37. The van der Waals surface area contributed by atoms with Crippen molar-refractivity contribution in [2.24, 2.45) is 5.92 Å². The Kier molecular flexibility index (Phi) is 4.56. The van der Waals surface area contributed by atoms with Crippen LogP contribution in [0.2, 0.25) is 0 Å². The van der Waals surface area contributed by atoms with Gasteiger partial charge in [0.05, 0.1) is 12.1 Å². The predicted molar refractivity (Wildman–Crippen MR) is 82.7 cm³/mol. The third-order valence-corrected chi connectivity index (χ3v) is 3.45. The number of phenols is 1. The molecule has 0 bridgehead atoms. The maximum atomic E-state index is 12.7. The molecule has 4 heteroatoms. The van der Waals surface area contributed by atoms with E-state index < -0.39 is 0 Å². The smallest absolute Gasteiger partial charge is 0.254 e. The van der Waals surface area contributed by atoms with Crippen molar-refractivity contribution in [3.8, 4) is 11.5 Å². The van der Waals surface area contributed by atoms with Crippen LogP contribution in [0.25, 0.3) is 0 Å². The van der Waals surface area contributed by atoms with E-state index in [9.17, 15) is 9.90 Å². The molecule has 0 fully saturated rings. The van der Waals surface area contributed by atoms with Crippen LogP contribution in [0.1, 0.15) is 38.1 Å². The molecule has 0 spiro atoms. The standard InChI is InChI=1S/C17H23NO3/c1-11(2)16-6-5-7-18(16)17(20)13-8-14(19)10-15(9-13)21-12(3)4/h5-6,8-12,16,19H,7H2,1-4H3. The molecule has 1 aromatic rings. The van der Waals surface area contributed by atoms with Crippen molar-refractivity contribution in [2.45, 2.75) is 39.8 Å². The second kappa shape index (κ2) is 6.20. The van der Waals surface area contributed by atoms with E-state index in [0.717, 1.165) is 0 Å². The minimum Gasteiger partial charge on any atom is -0.508 e. The zero-order valence-corrected chi connectivity index (χ0v) is 13.0. The van der Waals surface area contributed by atoms with E-state index in [2.05, 4.69) is 19.9 Å². The molecule has 0 saturated heterocycles. The molecule has 1 aromatic carbocycles. The van der Waals surface area contributed by atoms with Crippen LogP contribution in [-0.4, -0.2) is 34.6 Å². The van der Waals surface area contributed by atoms with Gasteiger partial charge in [0.25, 0.3) is 5.91 Å². The summed E-state index contributed by atoms with van der Waals surface area (Å²) in [6.45, 7) is 8.61. The van der Waals surface area contributed by atoms with Gasteiger partial charge in [-0.2, -0.15) is 0 Å². The van der Waals surface area contributed by atoms with Crippen molar-refractivity contribution >= 4 is 5.91 Å². The van der Waals surface area contributed by atoms with Crippen LogP contribution in [0.3, 0.4) is 0 Å². The van der Waals surface area contributed by atoms with Gasteiger partial charge in [-0.15, -0.1) is 0 Å². The van der Waals surface area contributed by atoms with E-state index in [4.69, 9.17) is 4.74 Å². The number of hydrogen-bond acceptors (Lipinski definition) is 3. The van der Waals surface area contributed by atoms with Crippen molar-refractivity contribution in [3.63, 3.8) is 0 Å². The lowest BCUT2D eigenvalue weighted by molar-refractivity contribution is 0.0719. The fourth-order valence-electron chi connectivity index (χ4n) is 2.55.